The number of carboxylic acids is 1. The number of hydrogen-bond donors (Lipinski definition) is 2. The SMILES string of the molecule is O=C(NCc1cn(-c2ccccc2)nc1-c1ccccc1)[C@@H]1[C@@H](C(=O)O)[C@H]2C=C[C@@H]1C2. The van der Waals surface area contributed by atoms with Crippen molar-refractivity contribution in [1.29, 1.82) is 0 Å². The first-order valence-corrected chi connectivity index (χ1v) is 10.5. The van der Waals surface area contributed by atoms with Crippen LogP contribution in [-0.4, -0.2) is 26.8 Å². The summed E-state index contributed by atoms with van der Waals surface area (Å²) in [6, 6.07) is 19.7. The number of para-hydroxylation sites is 1. The molecule has 3 aromatic rings. The van der Waals surface area contributed by atoms with Gasteiger partial charge in [0.05, 0.1) is 23.2 Å². The Balaban J connectivity index is 1.41. The molecule has 2 aromatic carbocycles. The fraction of sp³-hybridized carbons (Fsp3) is 0.240. The third-order valence-corrected chi connectivity index (χ3v) is 6.36. The van der Waals surface area contributed by atoms with Crippen molar-refractivity contribution in [2.24, 2.45) is 23.7 Å². The smallest absolute Gasteiger partial charge is 0.307 e. The standard InChI is InChI=1S/C25H23N3O3/c29-24(21-17-11-12-18(13-17)22(21)25(30)31)26-14-19-15-28(20-9-5-2-6-10-20)27-23(19)16-7-3-1-4-8-16/h1-12,15,17-18,21-22H,13-14H2,(H,26,29)(H,30,31)/t17-,18+,21+,22+/m1/s1. The summed E-state index contributed by atoms with van der Waals surface area (Å²) in [6.45, 7) is 0.292. The lowest BCUT2D eigenvalue weighted by molar-refractivity contribution is -0.147. The molecule has 0 saturated heterocycles. The molecule has 2 bridgehead atoms. The molecule has 156 valence electrons. The number of benzene rings is 2. The Hall–Kier alpha value is -3.67. The molecule has 5 rings (SSSR count). The number of aliphatic carboxylic acids is 1. The minimum atomic E-state index is -0.890. The molecule has 2 N–H and O–H groups in total. The van der Waals surface area contributed by atoms with Crippen LogP contribution in [0.4, 0.5) is 0 Å². The predicted octanol–water partition coefficient (Wildman–Crippen LogP) is 3.68. The van der Waals surface area contributed by atoms with Crippen molar-refractivity contribution in [3.63, 3.8) is 0 Å². The van der Waals surface area contributed by atoms with Crippen LogP contribution < -0.4 is 5.32 Å². The molecule has 1 saturated carbocycles. The highest BCUT2D eigenvalue weighted by Gasteiger charge is 2.51. The van der Waals surface area contributed by atoms with E-state index in [9.17, 15) is 14.7 Å². The van der Waals surface area contributed by atoms with Gasteiger partial charge in [-0.15, -0.1) is 0 Å². The average Bonchev–Trinajstić information content (AvgIpc) is 3.53. The summed E-state index contributed by atoms with van der Waals surface area (Å²) in [5.74, 6) is -2.28. The number of rotatable bonds is 6. The van der Waals surface area contributed by atoms with Gasteiger partial charge in [0.25, 0.3) is 0 Å². The molecule has 31 heavy (non-hydrogen) atoms. The van der Waals surface area contributed by atoms with Gasteiger partial charge in [0.15, 0.2) is 0 Å². The maximum atomic E-state index is 13.0. The Morgan fingerprint density at radius 2 is 1.61 bits per heavy atom. The number of allylic oxidation sites excluding steroid dienone is 2. The van der Waals surface area contributed by atoms with E-state index < -0.39 is 17.8 Å². The second kappa shape index (κ2) is 7.87. The van der Waals surface area contributed by atoms with E-state index in [4.69, 9.17) is 5.10 Å². The van der Waals surface area contributed by atoms with Crippen LogP contribution in [0.25, 0.3) is 16.9 Å². The number of carbonyl (C=O) groups excluding carboxylic acids is 1. The molecular weight excluding hydrogens is 390 g/mol. The van der Waals surface area contributed by atoms with E-state index in [0.29, 0.717) is 6.54 Å². The zero-order valence-corrected chi connectivity index (χ0v) is 16.9. The topological polar surface area (TPSA) is 84.2 Å². The number of nitrogens with one attached hydrogen (secondary N) is 1. The molecule has 0 radical (unpaired) electrons. The van der Waals surface area contributed by atoms with Crippen LogP contribution in [-0.2, 0) is 16.1 Å². The van der Waals surface area contributed by atoms with Gasteiger partial charge in [-0.05, 0) is 30.4 Å². The van der Waals surface area contributed by atoms with Gasteiger partial charge in [-0.1, -0.05) is 60.7 Å². The van der Waals surface area contributed by atoms with Crippen LogP contribution in [0.3, 0.4) is 0 Å². The summed E-state index contributed by atoms with van der Waals surface area (Å²) in [6.07, 6.45) is 6.62. The maximum absolute atomic E-state index is 13.0. The van der Waals surface area contributed by atoms with Gasteiger partial charge in [0, 0.05) is 23.9 Å². The molecule has 6 heteroatoms. The molecule has 4 atom stereocenters. The summed E-state index contributed by atoms with van der Waals surface area (Å²) in [4.78, 5) is 24.8. The highest BCUT2D eigenvalue weighted by molar-refractivity contribution is 5.87. The van der Waals surface area contributed by atoms with Gasteiger partial charge in [0.2, 0.25) is 5.91 Å². The fourth-order valence-electron chi connectivity index (χ4n) is 4.91. The monoisotopic (exact) mass is 413 g/mol. The summed E-state index contributed by atoms with van der Waals surface area (Å²) in [5, 5.41) is 17.4. The molecule has 1 aromatic heterocycles. The molecule has 0 aliphatic heterocycles. The first-order valence-electron chi connectivity index (χ1n) is 10.5. The molecule has 2 aliphatic rings. The largest absolute Gasteiger partial charge is 0.481 e. The molecular formula is C25H23N3O3. The van der Waals surface area contributed by atoms with Crippen molar-refractivity contribution < 1.29 is 14.7 Å². The van der Waals surface area contributed by atoms with Gasteiger partial charge in [-0.2, -0.15) is 5.10 Å². The van der Waals surface area contributed by atoms with E-state index in [0.717, 1.165) is 28.9 Å². The van der Waals surface area contributed by atoms with E-state index in [2.05, 4.69) is 5.32 Å². The van der Waals surface area contributed by atoms with Crippen LogP contribution in [0, 0.1) is 23.7 Å². The van der Waals surface area contributed by atoms with Gasteiger partial charge in [-0.25, -0.2) is 4.68 Å². The quantitative estimate of drug-likeness (QED) is 0.604. The zero-order chi connectivity index (χ0) is 21.4. The Morgan fingerprint density at radius 3 is 2.29 bits per heavy atom. The molecule has 6 nitrogen and oxygen atoms in total. The maximum Gasteiger partial charge on any atom is 0.307 e. The number of aromatic nitrogens is 2. The van der Waals surface area contributed by atoms with Gasteiger partial charge < -0.3 is 10.4 Å². The van der Waals surface area contributed by atoms with E-state index in [-0.39, 0.29) is 17.7 Å². The Morgan fingerprint density at radius 1 is 0.968 bits per heavy atom. The average molecular weight is 413 g/mol. The fourth-order valence-corrected chi connectivity index (χ4v) is 4.91. The number of amides is 1. The molecule has 2 aliphatic carbocycles. The summed E-state index contributed by atoms with van der Waals surface area (Å²) in [7, 11) is 0. The van der Waals surface area contributed by atoms with Crippen molar-refractivity contribution in [3.8, 4) is 16.9 Å². The van der Waals surface area contributed by atoms with Gasteiger partial charge in [0.1, 0.15) is 0 Å². The lowest BCUT2D eigenvalue weighted by Crippen LogP contribution is -2.39. The Kier molecular flexibility index (Phi) is 4.90. The van der Waals surface area contributed by atoms with Crippen LogP contribution >= 0.6 is 0 Å². The summed E-state index contributed by atoms with van der Waals surface area (Å²) >= 11 is 0. The van der Waals surface area contributed by atoms with Crippen LogP contribution in [0.1, 0.15) is 12.0 Å². The van der Waals surface area contributed by atoms with Crippen LogP contribution in [0.5, 0.6) is 0 Å². The molecule has 0 unspecified atom stereocenters. The van der Waals surface area contributed by atoms with Gasteiger partial charge in [-0.3, -0.25) is 9.59 Å². The van der Waals surface area contributed by atoms with Crippen molar-refractivity contribution in [2.45, 2.75) is 13.0 Å². The van der Waals surface area contributed by atoms with E-state index in [1.54, 1.807) is 0 Å². The second-order valence-electron chi connectivity index (χ2n) is 8.21. The molecule has 1 fully saturated rings. The number of hydrogen-bond acceptors (Lipinski definition) is 3. The third-order valence-electron chi connectivity index (χ3n) is 6.36. The Labute approximate surface area is 180 Å². The highest BCUT2D eigenvalue weighted by atomic mass is 16.4. The van der Waals surface area contributed by atoms with Gasteiger partial charge >= 0.3 is 5.97 Å². The number of nitrogens with zero attached hydrogens (tertiary/aromatic N) is 2. The molecule has 1 amide bonds. The van der Waals surface area contributed by atoms with E-state index >= 15 is 0 Å². The van der Waals surface area contributed by atoms with Crippen molar-refractivity contribution in [2.75, 3.05) is 0 Å². The molecule has 1 heterocycles. The van der Waals surface area contributed by atoms with Crippen molar-refractivity contribution in [3.05, 3.63) is 84.6 Å². The summed E-state index contributed by atoms with van der Waals surface area (Å²) < 4.78 is 1.81. The number of fused-ring (bicyclic) bond motifs is 2. The first kappa shape index (κ1) is 19.3. The number of carboxylic acid groups (broad SMARTS) is 1. The van der Waals surface area contributed by atoms with E-state index in [1.807, 2.05) is 83.7 Å². The van der Waals surface area contributed by atoms with E-state index in [1.165, 1.54) is 0 Å². The minimum absolute atomic E-state index is 0.00624. The Bertz CT molecular complexity index is 1140. The second-order valence-corrected chi connectivity index (χ2v) is 8.21. The lowest BCUT2D eigenvalue weighted by Gasteiger charge is -2.23. The van der Waals surface area contributed by atoms with Crippen LogP contribution in [0.15, 0.2) is 79.0 Å². The predicted molar refractivity (Wildman–Crippen MR) is 116 cm³/mol. The first-order chi connectivity index (χ1) is 15.1. The van der Waals surface area contributed by atoms with Crippen molar-refractivity contribution >= 4 is 11.9 Å². The highest BCUT2D eigenvalue weighted by Crippen LogP contribution is 2.48. The number of carbonyl (C=O) groups is 2. The van der Waals surface area contributed by atoms with Crippen LogP contribution in [0.2, 0.25) is 0 Å². The zero-order valence-electron chi connectivity index (χ0n) is 16.9. The normalized spacial score (nSPS) is 23.7. The third kappa shape index (κ3) is 3.54. The van der Waals surface area contributed by atoms with Crippen molar-refractivity contribution in [1.82, 2.24) is 15.1 Å². The molecule has 0 spiro atoms. The minimum Gasteiger partial charge on any atom is -0.481 e. The summed E-state index contributed by atoms with van der Waals surface area (Å²) in [5.41, 5.74) is 3.58. The lowest BCUT2D eigenvalue weighted by atomic mass is 9.82.